The van der Waals surface area contributed by atoms with Gasteiger partial charge in [0.25, 0.3) is 5.91 Å². The van der Waals surface area contributed by atoms with Gasteiger partial charge in [-0.05, 0) is 31.2 Å². The van der Waals surface area contributed by atoms with Crippen LogP contribution in [0.5, 0.6) is 5.75 Å². The van der Waals surface area contributed by atoms with Crippen LogP contribution in [0.2, 0.25) is 0 Å². The zero-order chi connectivity index (χ0) is 16.5. The maximum atomic E-state index is 12.3. The molecule has 0 aliphatic rings. The zero-order valence-corrected chi connectivity index (χ0v) is 13.3. The lowest BCUT2D eigenvalue weighted by molar-refractivity contribution is 0.0937. The van der Waals surface area contributed by atoms with Crippen molar-refractivity contribution in [2.45, 2.75) is 6.92 Å². The van der Waals surface area contributed by atoms with Gasteiger partial charge in [0.1, 0.15) is 11.6 Å². The van der Waals surface area contributed by atoms with Gasteiger partial charge < -0.3 is 20.1 Å². The summed E-state index contributed by atoms with van der Waals surface area (Å²) in [5.41, 5.74) is 1.23. The van der Waals surface area contributed by atoms with Crippen LogP contribution in [-0.4, -0.2) is 37.8 Å². The first kappa shape index (κ1) is 16.8. The van der Waals surface area contributed by atoms with Crippen molar-refractivity contribution >= 4 is 17.4 Å². The number of hydrogen-bond donors (Lipinski definition) is 2. The standard InChI is InChI=1S/C17H21N3O3/c1-3-23-15-9-5-4-8-14(15)20-16-13(7-6-10-18-16)17(21)19-11-12-22-2/h4-10H,3,11-12H2,1-2H3,(H,18,20)(H,19,21). The predicted octanol–water partition coefficient (Wildman–Crippen LogP) is 2.60. The number of anilines is 2. The zero-order valence-electron chi connectivity index (χ0n) is 13.3. The molecule has 0 saturated carbocycles. The lowest BCUT2D eigenvalue weighted by Crippen LogP contribution is -2.27. The summed E-state index contributed by atoms with van der Waals surface area (Å²) in [7, 11) is 1.59. The van der Waals surface area contributed by atoms with Crippen LogP contribution >= 0.6 is 0 Å². The Kier molecular flexibility index (Phi) is 6.38. The molecule has 0 fully saturated rings. The molecule has 0 aliphatic carbocycles. The maximum Gasteiger partial charge on any atom is 0.255 e. The molecule has 0 unspecified atom stereocenters. The highest BCUT2D eigenvalue weighted by Crippen LogP contribution is 2.27. The highest BCUT2D eigenvalue weighted by Gasteiger charge is 2.13. The Morgan fingerprint density at radius 3 is 2.83 bits per heavy atom. The topological polar surface area (TPSA) is 72.5 Å². The Labute approximate surface area is 135 Å². The molecule has 1 amide bonds. The van der Waals surface area contributed by atoms with Crippen molar-refractivity contribution < 1.29 is 14.3 Å². The monoisotopic (exact) mass is 315 g/mol. The van der Waals surface area contributed by atoms with Gasteiger partial charge in [0, 0.05) is 19.9 Å². The SMILES string of the molecule is CCOc1ccccc1Nc1ncccc1C(=O)NCCOC. The van der Waals surface area contributed by atoms with E-state index in [2.05, 4.69) is 15.6 Å². The smallest absolute Gasteiger partial charge is 0.255 e. The summed E-state index contributed by atoms with van der Waals surface area (Å²) in [6.07, 6.45) is 1.64. The minimum Gasteiger partial charge on any atom is -0.492 e. The molecular formula is C17H21N3O3. The van der Waals surface area contributed by atoms with Gasteiger partial charge in [0.2, 0.25) is 0 Å². The van der Waals surface area contributed by atoms with E-state index in [4.69, 9.17) is 9.47 Å². The second kappa shape index (κ2) is 8.75. The van der Waals surface area contributed by atoms with Crippen molar-refractivity contribution in [3.8, 4) is 5.75 Å². The molecule has 0 saturated heterocycles. The van der Waals surface area contributed by atoms with Crippen LogP contribution in [0.25, 0.3) is 0 Å². The Morgan fingerprint density at radius 2 is 2.04 bits per heavy atom. The first-order valence-electron chi connectivity index (χ1n) is 7.47. The van der Waals surface area contributed by atoms with E-state index in [1.807, 2.05) is 31.2 Å². The molecule has 1 aromatic heterocycles. The number of ether oxygens (including phenoxy) is 2. The number of nitrogens with zero attached hydrogens (tertiary/aromatic N) is 1. The first-order valence-corrected chi connectivity index (χ1v) is 7.47. The summed E-state index contributed by atoms with van der Waals surface area (Å²) in [5.74, 6) is 0.993. The number of aromatic nitrogens is 1. The molecule has 2 aromatic rings. The van der Waals surface area contributed by atoms with E-state index in [-0.39, 0.29) is 5.91 Å². The van der Waals surface area contributed by atoms with Crippen molar-refractivity contribution in [2.75, 3.05) is 32.2 Å². The Balaban J connectivity index is 2.19. The number of carbonyl (C=O) groups excluding carboxylic acids is 1. The van der Waals surface area contributed by atoms with Crippen LogP contribution in [0.1, 0.15) is 17.3 Å². The van der Waals surface area contributed by atoms with Gasteiger partial charge in [-0.25, -0.2) is 4.98 Å². The summed E-state index contributed by atoms with van der Waals surface area (Å²) >= 11 is 0. The van der Waals surface area contributed by atoms with E-state index in [1.165, 1.54) is 0 Å². The predicted molar refractivity (Wildman–Crippen MR) is 89.3 cm³/mol. The van der Waals surface area contributed by atoms with Crippen LogP contribution in [0.3, 0.4) is 0 Å². The van der Waals surface area contributed by atoms with Gasteiger partial charge >= 0.3 is 0 Å². The highest BCUT2D eigenvalue weighted by molar-refractivity contribution is 5.99. The molecule has 0 atom stereocenters. The van der Waals surface area contributed by atoms with Crippen LogP contribution in [0, 0.1) is 0 Å². The molecule has 1 aromatic carbocycles. The second-order valence-corrected chi connectivity index (χ2v) is 4.70. The van der Waals surface area contributed by atoms with Crippen molar-refractivity contribution in [3.05, 3.63) is 48.2 Å². The summed E-state index contributed by atoms with van der Waals surface area (Å²) in [5, 5.41) is 5.96. The first-order chi connectivity index (χ1) is 11.3. The lowest BCUT2D eigenvalue weighted by atomic mass is 10.2. The van der Waals surface area contributed by atoms with Crippen molar-refractivity contribution in [1.82, 2.24) is 10.3 Å². The van der Waals surface area contributed by atoms with Crippen molar-refractivity contribution in [3.63, 3.8) is 0 Å². The number of nitrogens with one attached hydrogen (secondary N) is 2. The van der Waals surface area contributed by atoms with E-state index < -0.39 is 0 Å². The van der Waals surface area contributed by atoms with Gasteiger partial charge in [-0.3, -0.25) is 4.79 Å². The minimum atomic E-state index is -0.202. The van der Waals surface area contributed by atoms with Crippen LogP contribution < -0.4 is 15.4 Å². The normalized spacial score (nSPS) is 10.2. The molecule has 6 nitrogen and oxygen atoms in total. The number of methoxy groups -OCH3 is 1. The molecule has 122 valence electrons. The fourth-order valence-electron chi connectivity index (χ4n) is 2.03. The third kappa shape index (κ3) is 4.69. The van der Waals surface area contributed by atoms with Gasteiger partial charge in [-0.2, -0.15) is 0 Å². The van der Waals surface area contributed by atoms with Gasteiger partial charge in [0.15, 0.2) is 0 Å². The largest absolute Gasteiger partial charge is 0.492 e. The number of amides is 1. The molecule has 2 rings (SSSR count). The molecule has 2 N–H and O–H groups in total. The quantitative estimate of drug-likeness (QED) is 0.733. The summed E-state index contributed by atoms with van der Waals surface area (Å²) in [6.45, 7) is 3.39. The van der Waals surface area contributed by atoms with Crippen molar-refractivity contribution in [2.24, 2.45) is 0 Å². The summed E-state index contributed by atoms with van der Waals surface area (Å²) in [6, 6.07) is 11.0. The molecule has 23 heavy (non-hydrogen) atoms. The van der Waals surface area contributed by atoms with Gasteiger partial charge in [0.05, 0.1) is 24.5 Å². The highest BCUT2D eigenvalue weighted by atomic mass is 16.5. The van der Waals surface area contributed by atoms with Crippen LogP contribution in [0.4, 0.5) is 11.5 Å². The van der Waals surface area contributed by atoms with Crippen LogP contribution in [0.15, 0.2) is 42.6 Å². The number of para-hydroxylation sites is 2. The number of benzene rings is 1. The Hall–Kier alpha value is -2.60. The van der Waals surface area contributed by atoms with Crippen molar-refractivity contribution in [1.29, 1.82) is 0 Å². The number of hydrogen-bond acceptors (Lipinski definition) is 5. The third-order valence-electron chi connectivity index (χ3n) is 3.08. The fourth-order valence-corrected chi connectivity index (χ4v) is 2.03. The average molecular weight is 315 g/mol. The maximum absolute atomic E-state index is 12.3. The molecule has 6 heteroatoms. The molecule has 0 spiro atoms. The van der Waals surface area contributed by atoms with E-state index in [0.717, 1.165) is 5.69 Å². The van der Waals surface area contributed by atoms with E-state index >= 15 is 0 Å². The summed E-state index contributed by atoms with van der Waals surface area (Å²) in [4.78, 5) is 16.5. The number of carbonyl (C=O) groups is 1. The van der Waals surface area contributed by atoms with Crippen LogP contribution in [-0.2, 0) is 4.74 Å². The third-order valence-corrected chi connectivity index (χ3v) is 3.08. The van der Waals surface area contributed by atoms with Gasteiger partial charge in [-0.1, -0.05) is 12.1 Å². The second-order valence-electron chi connectivity index (χ2n) is 4.70. The lowest BCUT2D eigenvalue weighted by Gasteiger charge is -2.14. The molecule has 0 bridgehead atoms. The van der Waals surface area contributed by atoms with Gasteiger partial charge in [-0.15, -0.1) is 0 Å². The van der Waals surface area contributed by atoms with E-state index in [0.29, 0.717) is 36.9 Å². The Morgan fingerprint density at radius 1 is 1.22 bits per heavy atom. The number of pyridine rings is 1. The summed E-state index contributed by atoms with van der Waals surface area (Å²) < 4.78 is 10.5. The molecule has 0 aliphatic heterocycles. The fraction of sp³-hybridized carbons (Fsp3) is 0.294. The number of rotatable bonds is 8. The Bertz CT molecular complexity index is 646. The molecular weight excluding hydrogens is 294 g/mol. The molecule has 1 heterocycles. The average Bonchev–Trinajstić information content (AvgIpc) is 2.57. The van der Waals surface area contributed by atoms with E-state index in [9.17, 15) is 4.79 Å². The minimum absolute atomic E-state index is 0.202. The molecule has 0 radical (unpaired) electrons. The van der Waals surface area contributed by atoms with E-state index in [1.54, 1.807) is 25.4 Å².